The maximum Gasteiger partial charge on any atom is 0.326 e. The number of aliphatic carboxylic acids is 1. The van der Waals surface area contributed by atoms with Crippen molar-refractivity contribution in [1.82, 2.24) is 10.6 Å². The van der Waals surface area contributed by atoms with Gasteiger partial charge in [0.1, 0.15) is 11.8 Å². The third kappa shape index (κ3) is 5.60. The average molecular weight is 280 g/mol. The topological polar surface area (TPSA) is 98.7 Å². The highest BCUT2D eigenvalue weighted by Gasteiger charge is 2.20. The predicted molar refractivity (Wildman–Crippen MR) is 74.4 cm³/mol. The van der Waals surface area contributed by atoms with Gasteiger partial charge in [-0.1, -0.05) is 26.0 Å². The molecule has 0 aliphatic rings. The fourth-order valence-corrected chi connectivity index (χ4v) is 1.75. The number of urea groups is 1. The number of phenolic OH excluding ortho intramolecular Hbond substituents is 1. The van der Waals surface area contributed by atoms with Crippen LogP contribution in [0.15, 0.2) is 24.3 Å². The lowest BCUT2D eigenvalue weighted by molar-refractivity contribution is -0.139. The first kappa shape index (κ1) is 15.8. The highest BCUT2D eigenvalue weighted by atomic mass is 16.4. The number of benzene rings is 1. The van der Waals surface area contributed by atoms with Gasteiger partial charge < -0.3 is 20.8 Å². The number of hydrogen-bond donors (Lipinski definition) is 4. The molecule has 1 atom stereocenters. The van der Waals surface area contributed by atoms with E-state index < -0.39 is 18.0 Å². The third-order valence-electron chi connectivity index (χ3n) is 2.67. The molecular formula is C14H20N2O4. The van der Waals surface area contributed by atoms with Crippen molar-refractivity contribution < 1.29 is 19.8 Å². The van der Waals surface area contributed by atoms with Crippen molar-refractivity contribution in [3.63, 3.8) is 0 Å². The van der Waals surface area contributed by atoms with Crippen LogP contribution in [0, 0.1) is 5.92 Å². The van der Waals surface area contributed by atoms with Crippen molar-refractivity contribution in [2.24, 2.45) is 5.92 Å². The maximum atomic E-state index is 11.6. The molecule has 0 spiro atoms. The molecule has 4 N–H and O–H groups in total. The minimum atomic E-state index is -1.05. The number of carboxylic acids is 1. The van der Waals surface area contributed by atoms with Crippen LogP contribution in [0.25, 0.3) is 0 Å². The summed E-state index contributed by atoms with van der Waals surface area (Å²) < 4.78 is 0. The molecule has 0 aliphatic heterocycles. The summed E-state index contributed by atoms with van der Waals surface area (Å²) in [5.41, 5.74) is 0.732. The van der Waals surface area contributed by atoms with Gasteiger partial charge in [0.2, 0.25) is 0 Å². The van der Waals surface area contributed by atoms with Gasteiger partial charge >= 0.3 is 12.0 Å². The molecular weight excluding hydrogens is 260 g/mol. The summed E-state index contributed by atoms with van der Waals surface area (Å²) in [7, 11) is 0. The SMILES string of the molecule is CC(C)CC(NC(=O)NCc1cccc(O)c1)C(=O)O. The van der Waals surface area contributed by atoms with Gasteiger partial charge in [-0.05, 0) is 30.0 Å². The van der Waals surface area contributed by atoms with E-state index in [2.05, 4.69) is 10.6 Å². The maximum absolute atomic E-state index is 11.6. The van der Waals surface area contributed by atoms with Crippen LogP contribution in [0.1, 0.15) is 25.8 Å². The lowest BCUT2D eigenvalue weighted by atomic mass is 10.0. The van der Waals surface area contributed by atoms with E-state index in [0.717, 1.165) is 5.56 Å². The minimum absolute atomic E-state index is 0.118. The standard InChI is InChI=1S/C14H20N2O4/c1-9(2)6-12(13(18)19)16-14(20)15-8-10-4-3-5-11(17)7-10/h3-5,7,9,12,17H,6,8H2,1-2H3,(H,18,19)(H2,15,16,20). The molecule has 0 bridgehead atoms. The number of carbonyl (C=O) groups is 2. The zero-order valence-corrected chi connectivity index (χ0v) is 11.6. The Kier molecular flexibility index (Phi) is 5.83. The van der Waals surface area contributed by atoms with Crippen molar-refractivity contribution in [3.8, 4) is 5.75 Å². The summed E-state index contributed by atoms with van der Waals surface area (Å²) in [4.78, 5) is 22.7. The van der Waals surface area contributed by atoms with Crippen LogP contribution in [0.2, 0.25) is 0 Å². The summed E-state index contributed by atoms with van der Waals surface area (Å²) in [6.07, 6.45) is 0.370. The Balaban J connectivity index is 2.47. The fourth-order valence-electron chi connectivity index (χ4n) is 1.75. The number of hydrogen-bond acceptors (Lipinski definition) is 3. The first-order chi connectivity index (χ1) is 9.38. The number of carbonyl (C=O) groups excluding carboxylic acids is 1. The summed E-state index contributed by atoms with van der Waals surface area (Å²) in [6.45, 7) is 4.00. The van der Waals surface area contributed by atoms with Crippen molar-refractivity contribution in [3.05, 3.63) is 29.8 Å². The average Bonchev–Trinajstić information content (AvgIpc) is 2.35. The van der Waals surface area contributed by atoms with E-state index in [1.165, 1.54) is 12.1 Å². The molecule has 1 aromatic rings. The lowest BCUT2D eigenvalue weighted by Crippen LogP contribution is -2.46. The molecule has 0 saturated heterocycles. The van der Waals surface area contributed by atoms with Crippen LogP contribution in [-0.2, 0) is 11.3 Å². The van der Waals surface area contributed by atoms with Gasteiger partial charge in [0, 0.05) is 6.54 Å². The molecule has 1 rings (SSSR count). The molecule has 0 saturated carbocycles. The van der Waals surface area contributed by atoms with Crippen molar-refractivity contribution in [2.45, 2.75) is 32.9 Å². The van der Waals surface area contributed by atoms with E-state index in [0.29, 0.717) is 6.42 Å². The van der Waals surface area contributed by atoms with Crippen LogP contribution in [0.4, 0.5) is 4.79 Å². The van der Waals surface area contributed by atoms with E-state index in [4.69, 9.17) is 5.11 Å². The Morgan fingerprint density at radius 1 is 1.30 bits per heavy atom. The molecule has 20 heavy (non-hydrogen) atoms. The molecule has 110 valence electrons. The summed E-state index contributed by atoms with van der Waals surface area (Å²) in [5.74, 6) is -0.762. The van der Waals surface area contributed by atoms with E-state index in [1.807, 2.05) is 13.8 Å². The van der Waals surface area contributed by atoms with Crippen molar-refractivity contribution in [2.75, 3.05) is 0 Å². The number of rotatable bonds is 6. The van der Waals surface area contributed by atoms with Gasteiger partial charge in [0.25, 0.3) is 0 Å². The molecule has 0 fully saturated rings. The molecule has 6 nitrogen and oxygen atoms in total. The van der Waals surface area contributed by atoms with Gasteiger partial charge in [-0.2, -0.15) is 0 Å². The number of amides is 2. The van der Waals surface area contributed by atoms with Crippen LogP contribution < -0.4 is 10.6 Å². The van der Waals surface area contributed by atoms with Gasteiger partial charge in [0.05, 0.1) is 0 Å². The van der Waals surface area contributed by atoms with Crippen LogP contribution in [0.5, 0.6) is 5.75 Å². The summed E-state index contributed by atoms with van der Waals surface area (Å²) in [5, 5.41) is 23.3. The normalized spacial score (nSPS) is 11.9. The van der Waals surface area contributed by atoms with Crippen LogP contribution in [0.3, 0.4) is 0 Å². The highest BCUT2D eigenvalue weighted by molar-refractivity contribution is 5.82. The van der Waals surface area contributed by atoms with E-state index in [-0.39, 0.29) is 18.2 Å². The fraction of sp³-hybridized carbons (Fsp3) is 0.429. The molecule has 0 aromatic heterocycles. The third-order valence-corrected chi connectivity index (χ3v) is 2.67. The van der Waals surface area contributed by atoms with Crippen LogP contribution in [-0.4, -0.2) is 28.3 Å². The van der Waals surface area contributed by atoms with Gasteiger partial charge in [0.15, 0.2) is 0 Å². The number of aromatic hydroxyl groups is 1. The second-order valence-electron chi connectivity index (χ2n) is 5.02. The van der Waals surface area contributed by atoms with E-state index in [1.54, 1.807) is 12.1 Å². The van der Waals surface area contributed by atoms with E-state index >= 15 is 0 Å². The zero-order chi connectivity index (χ0) is 15.1. The molecule has 1 unspecified atom stereocenters. The lowest BCUT2D eigenvalue weighted by Gasteiger charge is -2.17. The van der Waals surface area contributed by atoms with Gasteiger partial charge in [-0.3, -0.25) is 0 Å². The first-order valence-electron chi connectivity index (χ1n) is 6.43. The summed E-state index contributed by atoms with van der Waals surface area (Å²) in [6, 6.07) is 5.04. The second kappa shape index (κ2) is 7.37. The Morgan fingerprint density at radius 2 is 2.00 bits per heavy atom. The zero-order valence-electron chi connectivity index (χ0n) is 11.6. The highest BCUT2D eigenvalue weighted by Crippen LogP contribution is 2.10. The van der Waals surface area contributed by atoms with Crippen molar-refractivity contribution in [1.29, 1.82) is 0 Å². The molecule has 0 aliphatic carbocycles. The van der Waals surface area contributed by atoms with Crippen molar-refractivity contribution >= 4 is 12.0 Å². The Labute approximate surface area is 117 Å². The predicted octanol–water partition coefficient (Wildman–Crippen LogP) is 1.69. The second-order valence-corrected chi connectivity index (χ2v) is 5.02. The number of nitrogens with one attached hydrogen (secondary N) is 2. The molecule has 0 radical (unpaired) electrons. The Morgan fingerprint density at radius 3 is 2.55 bits per heavy atom. The number of carboxylic acid groups (broad SMARTS) is 1. The number of phenols is 1. The van der Waals surface area contributed by atoms with Crippen LogP contribution >= 0.6 is 0 Å². The first-order valence-corrected chi connectivity index (χ1v) is 6.43. The smallest absolute Gasteiger partial charge is 0.326 e. The summed E-state index contributed by atoms with van der Waals surface area (Å²) >= 11 is 0. The Hall–Kier alpha value is -2.24. The molecule has 6 heteroatoms. The molecule has 2 amide bonds. The molecule has 1 aromatic carbocycles. The monoisotopic (exact) mass is 280 g/mol. The quantitative estimate of drug-likeness (QED) is 0.637. The largest absolute Gasteiger partial charge is 0.508 e. The van der Waals surface area contributed by atoms with Gasteiger partial charge in [-0.15, -0.1) is 0 Å². The van der Waals surface area contributed by atoms with E-state index in [9.17, 15) is 14.7 Å². The minimum Gasteiger partial charge on any atom is -0.508 e. The Bertz CT molecular complexity index is 474. The molecule has 0 heterocycles. The van der Waals surface area contributed by atoms with Gasteiger partial charge in [-0.25, -0.2) is 9.59 Å².